The Morgan fingerprint density at radius 2 is 2.38 bits per heavy atom. The van der Waals surface area contributed by atoms with E-state index in [0.29, 0.717) is 0 Å². The normalized spacial score (nSPS) is 18.4. The molecule has 13 heavy (non-hydrogen) atoms. The van der Waals surface area contributed by atoms with Crippen molar-refractivity contribution >= 4 is 16.3 Å². The lowest BCUT2D eigenvalue weighted by atomic mass is 10.2. The van der Waals surface area contributed by atoms with Crippen molar-refractivity contribution in [2.45, 2.75) is 20.3 Å². The van der Waals surface area contributed by atoms with Crippen molar-refractivity contribution in [3.8, 4) is 0 Å². The van der Waals surface area contributed by atoms with Crippen LogP contribution in [0, 0.1) is 13.3 Å². The van der Waals surface area contributed by atoms with Crippen LogP contribution in [0.3, 0.4) is 0 Å². The zero-order chi connectivity index (χ0) is 9.42. The number of anilines is 1. The van der Waals surface area contributed by atoms with Crippen LogP contribution in [0.25, 0.3) is 0 Å². The SMILES string of the molecule is C[C]/C=C1\Cc2cc(C)sc2N1C. The van der Waals surface area contributed by atoms with Crippen LogP contribution in [0.5, 0.6) is 0 Å². The van der Waals surface area contributed by atoms with Gasteiger partial charge in [0, 0.05) is 30.5 Å². The number of rotatable bonds is 1. The molecule has 1 aromatic rings. The lowest BCUT2D eigenvalue weighted by Crippen LogP contribution is -2.10. The quantitative estimate of drug-likeness (QED) is 0.659. The third-order valence-corrected chi connectivity index (χ3v) is 3.50. The zero-order valence-corrected chi connectivity index (χ0v) is 9.03. The Bertz CT molecular complexity index is 349. The molecule has 1 aliphatic rings. The first kappa shape index (κ1) is 8.82. The van der Waals surface area contributed by atoms with Gasteiger partial charge in [-0.05, 0) is 18.6 Å². The molecule has 0 spiro atoms. The van der Waals surface area contributed by atoms with E-state index in [0.717, 1.165) is 6.42 Å². The molecule has 1 nitrogen and oxygen atoms in total. The Labute approximate surface area is 83.7 Å². The second kappa shape index (κ2) is 3.18. The minimum atomic E-state index is 1.07. The molecular formula is C11H13NS. The molecule has 0 N–H and O–H groups in total. The molecule has 0 bridgehead atoms. The highest BCUT2D eigenvalue weighted by Crippen LogP contribution is 2.39. The molecule has 0 aliphatic carbocycles. The fourth-order valence-electron chi connectivity index (χ4n) is 1.72. The number of aryl methyl sites for hydroxylation is 1. The van der Waals surface area contributed by atoms with E-state index in [9.17, 15) is 0 Å². The summed E-state index contributed by atoms with van der Waals surface area (Å²) in [5.41, 5.74) is 2.82. The van der Waals surface area contributed by atoms with Gasteiger partial charge in [0.2, 0.25) is 0 Å². The molecule has 0 aromatic carbocycles. The number of likely N-dealkylation sites (N-methyl/N-ethyl adjacent to an activating group) is 1. The Hall–Kier alpha value is -0.760. The number of nitrogens with zero attached hydrogens (tertiary/aromatic N) is 1. The number of hydrogen-bond donors (Lipinski definition) is 0. The van der Waals surface area contributed by atoms with Gasteiger partial charge in [0.15, 0.2) is 0 Å². The molecule has 0 saturated carbocycles. The summed E-state index contributed by atoms with van der Waals surface area (Å²) < 4.78 is 0. The molecule has 2 radical (unpaired) electrons. The van der Waals surface area contributed by atoms with Crippen molar-refractivity contribution in [3.05, 3.63) is 34.7 Å². The molecular weight excluding hydrogens is 178 g/mol. The van der Waals surface area contributed by atoms with E-state index in [2.05, 4.69) is 37.4 Å². The van der Waals surface area contributed by atoms with E-state index in [1.807, 2.05) is 18.3 Å². The molecule has 0 unspecified atom stereocenters. The number of thiophene rings is 1. The van der Waals surface area contributed by atoms with Gasteiger partial charge in [0.05, 0.1) is 5.00 Å². The van der Waals surface area contributed by atoms with Gasteiger partial charge in [0.1, 0.15) is 0 Å². The lowest BCUT2D eigenvalue weighted by Gasteiger charge is -2.12. The second-order valence-corrected chi connectivity index (χ2v) is 4.58. The van der Waals surface area contributed by atoms with Crippen molar-refractivity contribution in [1.82, 2.24) is 0 Å². The highest BCUT2D eigenvalue weighted by molar-refractivity contribution is 7.16. The van der Waals surface area contributed by atoms with Crippen molar-refractivity contribution in [1.29, 1.82) is 0 Å². The molecule has 0 fully saturated rings. The summed E-state index contributed by atoms with van der Waals surface area (Å²) in [4.78, 5) is 3.67. The topological polar surface area (TPSA) is 3.24 Å². The van der Waals surface area contributed by atoms with E-state index < -0.39 is 0 Å². The Balaban J connectivity index is 2.34. The minimum absolute atomic E-state index is 1.07. The van der Waals surface area contributed by atoms with Gasteiger partial charge in [-0.2, -0.15) is 0 Å². The molecule has 1 aromatic heterocycles. The predicted octanol–water partition coefficient (Wildman–Crippen LogP) is 3.03. The largest absolute Gasteiger partial charge is 0.340 e. The lowest BCUT2D eigenvalue weighted by molar-refractivity contribution is 1.09. The standard InChI is InChI=1S/C11H13NS/c1-4-5-10-7-9-6-8(2)13-11(9)12(10)3/h5-6H,7H2,1-3H3/b10-5+. The maximum absolute atomic E-state index is 3.08. The van der Waals surface area contributed by atoms with Gasteiger partial charge in [-0.25, -0.2) is 0 Å². The first-order valence-electron chi connectivity index (χ1n) is 4.41. The van der Waals surface area contributed by atoms with Crippen molar-refractivity contribution in [3.63, 3.8) is 0 Å². The second-order valence-electron chi connectivity index (χ2n) is 3.35. The van der Waals surface area contributed by atoms with E-state index in [1.54, 1.807) is 0 Å². The molecule has 0 saturated heterocycles. The van der Waals surface area contributed by atoms with Crippen LogP contribution >= 0.6 is 11.3 Å². The first-order chi connectivity index (χ1) is 6.22. The fraction of sp³-hybridized carbons (Fsp3) is 0.364. The van der Waals surface area contributed by atoms with E-state index in [1.165, 1.54) is 21.1 Å². The van der Waals surface area contributed by atoms with Crippen LogP contribution in [-0.4, -0.2) is 7.05 Å². The van der Waals surface area contributed by atoms with Gasteiger partial charge < -0.3 is 4.90 Å². The summed E-state index contributed by atoms with van der Waals surface area (Å²) >= 11 is 1.87. The maximum Gasteiger partial charge on any atom is 0.0987 e. The Morgan fingerprint density at radius 3 is 3.00 bits per heavy atom. The highest BCUT2D eigenvalue weighted by Gasteiger charge is 2.22. The van der Waals surface area contributed by atoms with Crippen LogP contribution in [-0.2, 0) is 6.42 Å². The molecule has 0 amide bonds. The van der Waals surface area contributed by atoms with Gasteiger partial charge in [-0.3, -0.25) is 0 Å². The summed E-state index contributed by atoms with van der Waals surface area (Å²) in [7, 11) is 2.13. The third-order valence-electron chi connectivity index (χ3n) is 2.33. The molecule has 1 aliphatic heterocycles. The summed E-state index contributed by atoms with van der Waals surface area (Å²) in [5.74, 6) is 0. The maximum atomic E-state index is 3.08. The molecule has 2 rings (SSSR count). The monoisotopic (exact) mass is 191 g/mol. The molecule has 68 valence electrons. The number of allylic oxidation sites excluding steroid dienone is 2. The van der Waals surface area contributed by atoms with Crippen LogP contribution in [0.2, 0.25) is 0 Å². The number of hydrogen-bond acceptors (Lipinski definition) is 2. The van der Waals surface area contributed by atoms with Crippen LogP contribution in [0.15, 0.2) is 17.8 Å². The van der Waals surface area contributed by atoms with Gasteiger partial charge in [-0.1, -0.05) is 13.0 Å². The predicted molar refractivity (Wildman–Crippen MR) is 58.2 cm³/mol. The summed E-state index contributed by atoms with van der Waals surface area (Å²) in [5, 5.41) is 1.40. The van der Waals surface area contributed by atoms with E-state index in [4.69, 9.17) is 0 Å². The van der Waals surface area contributed by atoms with E-state index >= 15 is 0 Å². The highest BCUT2D eigenvalue weighted by atomic mass is 32.1. The summed E-state index contributed by atoms with van der Waals surface area (Å²) in [6, 6.07) is 2.28. The zero-order valence-electron chi connectivity index (χ0n) is 8.22. The fourth-order valence-corrected chi connectivity index (χ4v) is 2.75. The van der Waals surface area contributed by atoms with Gasteiger partial charge in [-0.15, -0.1) is 11.3 Å². The first-order valence-corrected chi connectivity index (χ1v) is 5.23. The van der Waals surface area contributed by atoms with Crippen LogP contribution in [0.1, 0.15) is 17.4 Å². The van der Waals surface area contributed by atoms with Crippen molar-refractivity contribution < 1.29 is 0 Å². The van der Waals surface area contributed by atoms with Crippen molar-refractivity contribution in [2.24, 2.45) is 0 Å². The Kier molecular flexibility index (Phi) is 2.16. The van der Waals surface area contributed by atoms with Gasteiger partial charge in [0.25, 0.3) is 0 Å². The Morgan fingerprint density at radius 1 is 1.62 bits per heavy atom. The average Bonchev–Trinajstić information content (AvgIpc) is 2.54. The molecule has 2 heteroatoms. The molecule has 2 heterocycles. The van der Waals surface area contributed by atoms with Crippen LogP contribution < -0.4 is 4.90 Å². The van der Waals surface area contributed by atoms with Crippen LogP contribution in [0.4, 0.5) is 5.00 Å². The molecule has 0 atom stereocenters. The average molecular weight is 191 g/mol. The summed E-state index contributed by atoms with van der Waals surface area (Å²) in [6.07, 6.45) is 6.22. The third kappa shape index (κ3) is 1.39. The minimum Gasteiger partial charge on any atom is -0.340 e. The van der Waals surface area contributed by atoms with Gasteiger partial charge >= 0.3 is 0 Å². The van der Waals surface area contributed by atoms with E-state index in [-0.39, 0.29) is 0 Å². The van der Waals surface area contributed by atoms with Crippen molar-refractivity contribution in [2.75, 3.05) is 11.9 Å². The summed E-state index contributed by atoms with van der Waals surface area (Å²) in [6.45, 7) is 4.11. The smallest absolute Gasteiger partial charge is 0.0987 e. The number of fused-ring (bicyclic) bond motifs is 1.